The van der Waals surface area contributed by atoms with E-state index in [0.717, 1.165) is 25.8 Å². The highest BCUT2D eigenvalue weighted by Gasteiger charge is 2.26. The highest BCUT2D eigenvalue weighted by Crippen LogP contribution is 2.30. The van der Waals surface area contributed by atoms with Gasteiger partial charge in [-0.25, -0.2) is 4.79 Å². The molecule has 0 saturated carbocycles. The monoisotopic (exact) mass is 336 g/mol. The number of aryl methyl sites for hydroxylation is 1. The third kappa shape index (κ3) is 4.85. The number of carbonyl (C=O) groups is 1. The fourth-order valence-corrected chi connectivity index (χ4v) is 3.55. The van der Waals surface area contributed by atoms with Crippen LogP contribution in [0.5, 0.6) is 0 Å². The second-order valence-corrected chi connectivity index (χ2v) is 6.94. The fraction of sp³-hybridized carbons (Fsp3) is 0.409. The summed E-state index contributed by atoms with van der Waals surface area (Å²) in [7, 11) is 0. The van der Waals surface area contributed by atoms with E-state index < -0.39 is 0 Å². The van der Waals surface area contributed by atoms with Crippen molar-refractivity contribution in [1.82, 2.24) is 10.2 Å². The quantitative estimate of drug-likeness (QED) is 0.849. The summed E-state index contributed by atoms with van der Waals surface area (Å²) >= 11 is 0. The summed E-state index contributed by atoms with van der Waals surface area (Å²) < 4.78 is 0. The van der Waals surface area contributed by atoms with Crippen molar-refractivity contribution in [3.05, 3.63) is 71.3 Å². The van der Waals surface area contributed by atoms with E-state index in [9.17, 15) is 4.79 Å². The van der Waals surface area contributed by atoms with Gasteiger partial charge in [0.05, 0.1) is 6.04 Å². The van der Waals surface area contributed by atoms with Crippen molar-refractivity contribution in [2.45, 2.75) is 45.1 Å². The SMILES string of the molecule is Cc1ccc([C@@H]2CCCCCN2C(=O)NCCc2ccccc2)cc1. The summed E-state index contributed by atoms with van der Waals surface area (Å²) in [5.74, 6) is 0. The molecule has 2 aromatic carbocycles. The molecule has 25 heavy (non-hydrogen) atoms. The fourth-order valence-electron chi connectivity index (χ4n) is 3.55. The zero-order valence-electron chi connectivity index (χ0n) is 15.1. The van der Waals surface area contributed by atoms with Gasteiger partial charge < -0.3 is 10.2 Å². The van der Waals surface area contributed by atoms with Gasteiger partial charge in [0, 0.05) is 13.1 Å². The first-order valence-electron chi connectivity index (χ1n) is 9.39. The molecule has 0 aliphatic carbocycles. The third-order valence-corrected chi connectivity index (χ3v) is 5.01. The van der Waals surface area contributed by atoms with Gasteiger partial charge in [-0.05, 0) is 37.3 Å². The molecule has 1 aliphatic rings. The summed E-state index contributed by atoms with van der Waals surface area (Å²) in [4.78, 5) is 14.9. The molecule has 0 unspecified atom stereocenters. The van der Waals surface area contributed by atoms with Crippen LogP contribution in [0.3, 0.4) is 0 Å². The van der Waals surface area contributed by atoms with Gasteiger partial charge in [0.25, 0.3) is 0 Å². The molecule has 1 heterocycles. The Labute approximate surface area is 151 Å². The van der Waals surface area contributed by atoms with Gasteiger partial charge in [-0.2, -0.15) is 0 Å². The van der Waals surface area contributed by atoms with Crippen molar-refractivity contribution in [3.63, 3.8) is 0 Å². The predicted octanol–water partition coefficient (Wildman–Crippen LogP) is 4.86. The first-order valence-corrected chi connectivity index (χ1v) is 9.39. The van der Waals surface area contributed by atoms with E-state index in [1.807, 2.05) is 23.1 Å². The Morgan fingerprint density at radius 2 is 1.80 bits per heavy atom. The van der Waals surface area contributed by atoms with Crippen molar-refractivity contribution in [3.8, 4) is 0 Å². The number of nitrogens with one attached hydrogen (secondary N) is 1. The van der Waals surface area contributed by atoms with E-state index in [1.165, 1.54) is 29.5 Å². The molecule has 0 bridgehead atoms. The lowest BCUT2D eigenvalue weighted by molar-refractivity contribution is 0.176. The molecule has 132 valence electrons. The number of benzene rings is 2. The van der Waals surface area contributed by atoms with Gasteiger partial charge in [-0.3, -0.25) is 0 Å². The standard InChI is InChI=1S/C22H28N2O/c1-18-11-13-20(14-12-18)21-10-6-3-7-17-24(21)22(25)23-16-15-19-8-4-2-5-9-19/h2,4-5,8-9,11-14,21H,3,6-7,10,15-17H2,1H3,(H,23,25)/t21-/m0/s1. The van der Waals surface area contributed by atoms with Crippen molar-refractivity contribution >= 4 is 6.03 Å². The van der Waals surface area contributed by atoms with Gasteiger partial charge in [0.1, 0.15) is 0 Å². The van der Waals surface area contributed by atoms with Crippen LogP contribution in [0.2, 0.25) is 0 Å². The number of amides is 2. The van der Waals surface area contributed by atoms with Gasteiger partial charge >= 0.3 is 6.03 Å². The molecule has 1 fully saturated rings. The van der Waals surface area contributed by atoms with Gasteiger partial charge in [-0.15, -0.1) is 0 Å². The van der Waals surface area contributed by atoms with E-state index in [-0.39, 0.29) is 12.1 Å². The van der Waals surface area contributed by atoms with Crippen LogP contribution >= 0.6 is 0 Å². The predicted molar refractivity (Wildman–Crippen MR) is 103 cm³/mol. The van der Waals surface area contributed by atoms with Crippen molar-refractivity contribution in [1.29, 1.82) is 0 Å². The lowest BCUT2D eigenvalue weighted by atomic mass is 10.00. The second-order valence-electron chi connectivity index (χ2n) is 6.94. The minimum absolute atomic E-state index is 0.0726. The van der Waals surface area contributed by atoms with Gasteiger partial charge in [0.2, 0.25) is 0 Å². The molecule has 0 radical (unpaired) electrons. The van der Waals surface area contributed by atoms with E-state index in [2.05, 4.69) is 48.6 Å². The molecular weight excluding hydrogens is 308 g/mol. The molecule has 3 nitrogen and oxygen atoms in total. The lowest BCUT2D eigenvalue weighted by Crippen LogP contribution is -2.42. The minimum Gasteiger partial charge on any atom is -0.338 e. The van der Waals surface area contributed by atoms with Crippen molar-refractivity contribution < 1.29 is 4.79 Å². The number of urea groups is 1. The minimum atomic E-state index is 0.0726. The van der Waals surface area contributed by atoms with Crippen LogP contribution in [0.1, 0.15) is 48.4 Å². The van der Waals surface area contributed by atoms with E-state index in [4.69, 9.17) is 0 Å². The first-order chi connectivity index (χ1) is 12.2. The van der Waals surface area contributed by atoms with E-state index in [0.29, 0.717) is 6.54 Å². The van der Waals surface area contributed by atoms with Crippen LogP contribution in [0, 0.1) is 6.92 Å². The second kappa shape index (κ2) is 8.70. The Morgan fingerprint density at radius 1 is 1.04 bits per heavy atom. The smallest absolute Gasteiger partial charge is 0.317 e. The average Bonchev–Trinajstić information content (AvgIpc) is 2.89. The number of rotatable bonds is 4. The first kappa shape index (κ1) is 17.5. The Kier molecular flexibility index (Phi) is 6.10. The zero-order valence-corrected chi connectivity index (χ0v) is 15.1. The van der Waals surface area contributed by atoms with Crippen LogP contribution < -0.4 is 5.32 Å². The number of nitrogens with zero attached hydrogens (tertiary/aromatic N) is 1. The summed E-state index contributed by atoms with van der Waals surface area (Å²) in [5.41, 5.74) is 3.77. The van der Waals surface area contributed by atoms with Crippen LogP contribution in [-0.4, -0.2) is 24.0 Å². The average molecular weight is 336 g/mol. The number of carbonyl (C=O) groups excluding carboxylic acids is 1. The highest BCUT2D eigenvalue weighted by atomic mass is 16.2. The number of hydrogen-bond acceptors (Lipinski definition) is 1. The Bertz CT molecular complexity index is 666. The Balaban J connectivity index is 1.63. The van der Waals surface area contributed by atoms with E-state index >= 15 is 0 Å². The Hall–Kier alpha value is -2.29. The summed E-state index contributed by atoms with van der Waals surface area (Å²) in [6.07, 6.45) is 5.40. The zero-order chi connectivity index (χ0) is 17.5. The normalized spacial score (nSPS) is 17.8. The van der Waals surface area contributed by atoms with Crippen LogP contribution in [0.25, 0.3) is 0 Å². The largest absolute Gasteiger partial charge is 0.338 e. The highest BCUT2D eigenvalue weighted by molar-refractivity contribution is 5.74. The molecule has 0 aromatic heterocycles. The molecule has 1 atom stereocenters. The van der Waals surface area contributed by atoms with E-state index in [1.54, 1.807) is 0 Å². The van der Waals surface area contributed by atoms with Crippen molar-refractivity contribution in [2.75, 3.05) is 13.1 Å². The maximum absolute atomic E-state index is 12.8. The number of hydrogen-bond donors (Lipinski definition) is 1. The topological polar surface area (TPSA) is 32.3 Å². The molecular formula is C22H28N2O. The molecule has 0 spiro atoms. The van der Waals surface area contributed by atoms with Crippen LogP contribution in [-0.2, 0) is 6.42 Å². The third-order valence-electron chi connectivity index (χ3n) is 5.01. The molecule has 2 amide bonds. The van der Waals surface area contributed by atoms with Crippen LogP contribution in [0.15, 0.2) is 54.6 Å². The lowest BCUT2D eigenvalue weighted by Gasteiger charge is -2.30. The van der Waals surface area contributed by atoms with Crippen molar-refractivity contribution in [2.24, 2.45) is 0 Å². The molecule has 2 aromatic rings. The molecule has 1 saturated heterocycles. The van der Waals surface area contributed by atoms with Crippen LogP contribution in [0.4, 0.5) is 4.79 Å². The summed E-state index contributed by atoms with van der Waals surface area (Å²) in [5, 5.41) is 3.13. The summed E-state index contributed by atoms with van der Waals surface area (Å²) in [6, 6.07) is 19.2. The summed E-state index contributed by atoms with van der Waals surface area (Å²) in [6.45, 7) is 3.63. The molecule has 3 rings (SSSR count). The van der Waals surface area contributed by atoms with Gasteiger partial charge in [-0.1, -0.05) is 73.0 Å². The number of likely N-dealkylation sites (tertiary alicyclic amines) is 1. The molecule has 1 aliphatic heterocycles. The maximum Gasteiger partial charge on any atom is 0.317 e. The molecule has 3 heteroatoms. The maximum atomic E-state index is 12.8. The Morgan fingerprint density at radius 3 is 2.56 bits per heavy atom. The van der Waals surface area contributed by atoms with Gasteiger partial charge in [0.15, 0.2) is 0 Å². The molecule has 1 N–H and O–H groups in total.